The molecule has 4 heterocycles. The number of amides is 2. The molecular weight excluding hydrogens is 611 g/mol. The Labute approximate surface area is 261 Å². The van der Waals surface area contributed by atoms with Gasteiger partial charge in [0.05, 0.1) is 41.3 Å². The predicted molar refractivity (Wildman–Crippen MR) is 163 cm³/mol. The Kier molecular flexibility index (Phi) is 8.68. The normalized spacial score (nSPS) is 18.9. The minimum absolute atomic E-state index is 0.00108. The number of hydrogen-bond donors (Lipinski definition) is 2. The van der Waals surface area contributed by atoms with Crippen LogP contribution in [0.4, 0.5) is 10.1 Å². The summed E-state index contributed by atoms with van der Waals surface area (Å²) in [7, 11) is 1.68. The van der Waals surface area contributed by atoms with Gasteiger partial charge in [0.1, 0.15) is 22.7 Å². The summed E-state index contributed by atoms with van der Waals surface area (Å²) in [4.78, 5) is 47.1. The lowest BCUT2D eigenvalue weighted by Gasteiger charge is -2.42. The van der Waals surface area contributed by atoms with Crippen LogP contribution >= 0.6 is 22.9 Å². The Bertz CT molecular complexity index is 1720. The molecule has 2 saturated heterocycles. The van der Waals surface area contributed by atoms with E-state index in [1.54, 1.807) is 42.5 Å². The Morgan fingerprint density at radius 1 is 1.23 bits per heavy atom. The number of nitrogens with zero attached hydrogens (tertiary/aromatic N) is 3. The molecule has 10 nitrogen and oxygen atoms in total. The summed E-state index contributed by atoms with van der Waals surface area (Å²) in [6.07, 6.45) is 3.95. The predicted octanol–water partition coefficient (Wildman–Crippen LogP) is 5.17. The molecule has 0 spiro atoms. The first kappa shape index (κ1) is 30.2. The van der Waals surface area contributed by atoms with Crippen molar-refractivity contribution in [3.05, 3.63) is 80.7 Å². The number of carboxylic acid groups (broad SMARTS) is 1. The average Bonchev–Trinajstić information content (AvgIpc) is 3.72. The van der Waals surface area contributed by atoms with Gasteiger partial charge in [0.2, 0.25) is 5.91 Å². The number of rotatable bonds is 10. The fraction of sp³-hybridized carbons (Fsp3) is 0.355. The van der Waals surface area contributed by atoms with Crippen LogP contribution in [-0.4, -0.2) is 76.6 Å². The molecule has 2 aliphatic rings. The third-order valence-corrected chi connectivity index (χ3v) is 9.69. The summed E-state index contributed by atoms with van der Waals surface area (Å²) < 4.78 is 26.2. The van der Waals surface area contributed by atoms with E-state index in [4.69, 9.17) is 25.9 Å². The van der Waals surface area contributed by atoms with Crippen LogP contribution in [0.3, 0.4) is 0 Å². The number of furan rings is 1. The number of halogens is 2. The number of carbonyl (C=O) groups excluding carboxylic acids is 2. The Hall–Kier alpha value is -3.84. The van der Waals surface area contributed by atoms with Crippen LogP contribution in [-0.2, 0) is 27.2 Å². The first-order valence-electron chi connectivity index (χ1n) is 14.2. The molecule has 13 heteroatoms. The summed E-state index contributed by atoms with van der Waals surface area (Å²) in [5.41, 5.74) is 1.03. The zero-order valence-corrected chi connectivity index (χ0v) is 25.4. The number of likely N-dealkylation sites (tertiary alicyclic amines) is 2. The van der Waals surface area contributed by atoms with Gasteiger partial charge < -0.3 is 24.5 Å². The van der Waals surface area contributed by atoms with Crippen LogP contribution < -0.4 is 5.32 Å². The molecule has 2 N–H and O–H groups in total. The van der Waals surface area contributed by atoms with Crippen molar-refractivity contribution in [3.8, 4) is 0 Å². The molecule has 44 heavy (non-hydrogen) atoms. The van der Waals surface area contributed by atoms with Crippen molar-refractivity contribution in [1.82, 2.24) is 14.8 Å². The second-order valence-electron chi connectivity index (χ2n) is 11.0. The standard InChI is InChI=1S/C31H30ClFN4O6S/c1-42-19-14-36(15-19)18-10-26(31-34-12-20(44-31)6-7-29(39)40)37(13-18)28(38)9-17-8-23(32)25(11-24(17)33)35-30(41)22-16-43-27-5-3-2-4-21(22)27/h2-5,8,11-12,16,18-19,26H,6-7,9-10,13-15H2,1H3,(H,35,41)(H,39,40)/t18-,26-/m0/s1. The van der Waals surface area contributed by atoms with Gasteiger partial charge in [-0.2, -0.15) is 0 Å². The van der Waals surface area contributed by atoms with Crippen molar-refractivity contribution in [3.63, 3.8) is 0 Å². The third kappa shape index (κ3) is 6.20. The number of carbonyl (C=O) groups is 3. The van der Waals surface area contributed by atoms with E-state index in [1.807, 2.05) is 0 Å². The van der Waals surface area contributed by atoms with E-state index in [-0.39, 0.29) is 53.2 Å². The van der Waals surface area contributed by atoms with Gasteiger partial charge in [0, 0.05) is 49.2 Å². The molecule has 2 atom stereocenters. The number of aliphatic carboxylic acids is 1. The number of methoxy groups -OCH3 is 1. The van der Waals surface area contributed by atoms with Crippen molar-refractivity contribution in [2.75, 3.05) is 32.1 Å². The summed E-state index contributed by atoms with van der Waals surface area (Å²) in [5.74, 6) is -2.33. The van der Waals surface area contributed by atoms with E-state index < -0.39 is 17.7 Å². The summed E-state index contributed by atoms with van der Waals surface area (Å²) in [6, 6.07) is 9.33. The maximum atomic E-state index is 15.4. The first-order valence-corrected chi connectivity index (χ1v) is 15.4. The minimum Gasteiger partial charge on any atom is -0.481 e. The van der Waals surface area contributed by atoms with Crippen molar-refractivity contribution in [1.29, 1.82) is 0 Å². The highest BCUT2D eigenvalue weighted by atomic mass is 35.5. The number of carboxylic acids is 1. The molecule has 0 saturated carbocycles. The van der Waals surface area contributed by atoms with E-state index in [2.05, 4.69) is 15.2 Å². The van der Waals surface area contributed by atoms with Gasteiger partial charge in [-0.3, -0.25) is 19.3 Å². The quantitative estimate of drug-likeness (QED) is 0.243. The number of thiazole rings is 1. The fourth-order valence-corrected chi connectivity index (χ4v) is 7.03. The van der Waals surface area contributed by atoms with E-state index >= 15 is 4.39 Å². The number of para-hydroxylation sites is 1. The van der Waals surface area contributed by atoms with Crippen LogP contribution in [0.15, 0.2) is 53.3 Å². The third-order valence-electron chi connectivity index (χ3n) is 8.22. The largest absolute Gasteiger partial charge is 0.481 e. The molecule has 2 fully saturated rings. The molecule has 2 amide bonds. The van der Waals surface area contributed by atoms with E-state index in [0.717, 1.165) is 29.0 Å². The smallest absolute Gasteiger partial charge is 0.303 e. The van der Waals surface area contributed by atoms with Crippen LogP contribution in [0.5, 0.6) is 0 Å². The van der Waals surface area contributed by atoms with Gasteiger partial charge in [0.25, 0.3) is 5.91 Å². The number of benzene rings is 2. The topological polar surface area (TPSA) is 125 Å². The Balaban J connectivity index is 1.18. The summed E-state index contributed by atoms with van der Waals surface area (Å²) in [6.45, 7) is 1.99. The van der Waals surface area contributed by atoms with Gasteiger partial charge in [-0.1, -0.05) is 29.8 Å². The molecule has 2 aromatic heterocycles. The van der Waals surface area contributed by atoms with Crippen LogP contribution in [0, 0.1) is 5.82 Å². The molecule has 230 valence electrons. The van der Waals surface area contributed by atoms with Gasteiger partial charge in [-0.05, 0) is 36.6 Å². The van der Waals surface area contributed by atoms with Gasteiger partial charge in [-0.15, -0.1) is 11.3 Å². The van der Waals surface area contributed by atoms with Gasteiger partial charge in [0.15, 0.2) is 0 Å². The van der Waals surface area contributed by atoms with Crippen LogP contribution in [0.1, 0.15) is 44.7 Å². The number of aryl methyl sites for hydroxylation is 1. The molecule has 0 radical (unpaired) electrons. The van der Waals surface area contributed by atoms with E-state index in [9.17, 15) is 14.4 Å². The SMILES string of the molecule is COC1CN([C@H]2C[C@@H](c3ncc(CCC(=O)O)s3)N(C(=O)Cc3cc(Cl)c(NC(=O)c4coc5ccccc45)cc3F)C2)C1. The number of ether oxygens (including phenoxy) is 1. The highest BCUT2D eigenvalue weighted by molar-refractivity contribution is 7.11. The number of nitrogens with one attached hydrogen (secondary N) is 1. The highest BCUT2D eigenvalue weighted by Crippen LogP contribution is 2.39. The van der Waals surface area contributed by atoms with Crippen LogP contribution in [0.25, 0.3) is 11.0 Å². The monoisotopic (exact) mass is 640 g/mol. The Morgan fingerprint density at radius 2 is 2.02 bits per heavy atom. The second-order valence-corrected chi connectivity index (χ2v) is 12.6. The maximum Gasteiger partial charge on any atom is 0.303 e. The minimum atomic E-state index is -0.885. The lowest BCUT2D eigenvalue weighted by atomic mass is 10.1. The van der Waals surface area contributed by atoms with Crippen molar-refractivity contribution >= 4 is 57.4 Å². The van der Waals surface area contributed by atoms with Crippen molar-refractivity contribution in [2.24, 2.45) is 0 Å². The lowest BCUT2D eigenvalue weighted by Crippen LogP contribution is -2.56. The van der Waals surface area contributed by atoms with E-state index in [1.165, 1.54) is 23.7 Å². The number of anilines is 1. The molecule has 0 aliphatic carbocycles. The highest BCUT2D eigenvalue weighted by Gasteiger charge is 2.43. The number of hydrogen-bond acceptors (Lipinski definition) is 8. The molecule has 6 rings (SSSR count). The van der Waals surface area contributed by atoms with Crippen molar-refractivity contribution in [2.45, 2.75) is 43.9 Å². The molecule has 0 bridgehead atoms. The summed E-state index contributed by atoms with van der Waals surface area (Å²) in [5, 5.41) is 13.1. The number of aromatic nitrogens is 1. The van der Waals surface area contributed by atoms with Gasteiger partial charge >= 0.3 is 5.97 Å². The Morgan fingerprint density at radius 3 is 2.80 bits per heavy atom. The van der Waals surface area contributed by atoms with Gasteiger partial charge in [-0.25, -0.2) is 9.37 Å². The first-order chi connectivity index (χ1) is 21.2. The summed E-state index contributed by atoms with van der Waals surface area (Å²) >= 11 is 7.87. The van der Waals surface area contributed by atoms with Crippen molar-refractivity contribution < 1.29 is 33.0 Å². The molecule has 4 aromatic rings. The molecule has 2 aliphatic heterocycles. The average molecular weight is 641 g/mol. The number of fused-ring (bicyclic) bond motifs is 1. The molecular formula is C31H30ClFN4O6S. The zero-order chi connectivity index (χ0) is 31.0. The maximum absolute atomic E-state index is 15.4. The zero-order valence-electron chi connectivity index (χ0n) is 23.8. The molecule has 0 unspecified atom stereocenters. The second kappa shape index (κ2) is 12.6. The fourth-order valence-electron chi connectivity index (χ4n) is 5.75. The molecule has 2 aromatic carbocycles. The lowest BCUT2D eigenvalue weighted by molar-refractivity contribution is -0.137. The van der Waals surface area contributed by atoms with E-state index in [0.29, 0.717) is 35.9 Å². The van der Waals surface area contributed by atoms with Crippen LogP contribution in [0.2, 0.25) is 5.02 Å².